The van der Waals surface area contributed by atoms with E-state index in [-0.39, 0.29) is 11.5 Å². The summed E-state index contributed by atoms with van der Waals surface area (Å²) in [5.74, 6) is 0.532. The van der Waals surface area contributed by atoms with Crippen molar-refractivity contribution in [3.05, 3.63) is 53.5 Å². The van der Waals surface area contributed by atoms with Crippen LogP contribution in [-0.2, 0) is 0 Å². The maximum Gasteiger partial charge on any atom is 0.163 e. The van der Waals surface area contributed by atoms with Gasteiger partial charge in [0.2, 0.25) is 0 Å². The van der Waals surface area contributed by atoms with Crippen LogP contribution in [0.3, 0.4) is 0 Å². The van der Waals surface area contributed by atoms with E-state index in [9.17, 15) is 4.39 Å². The second kappa shape index (κ2) is 9.53. The van der Waals surface area contributed by atoms with Gasteiger partial charge in [-0.1, -0.05) is 6.92 Å². The highest BCUT2D eigenvalue weighted by atomic mass is 32.2. The molecule has 9 heteroatoms. The summed E-state index contributed by atoms with van der Waals surface area (Å²) in [5, 5.41) is 11.9. The van der Waals surface area contributed by atoms with Gasteiger partial charge in [0.15, 0.2) is 5.82 Å². The first kappa shape index (κ1) is 21.5. The first-order valence-corrected chi connectivity index (χ1v) is 10.3. The van der Waals surface area contributed by atoms with Crippen LogP contribution in [0.25, 0.3) is 11.4 Å². The molecule has 0 amide bonds. The lowest BCUT2D eigenvalue weighted by molar-refractivity contribution is 0.633. The van der Waals surface area contributed by atoms with Gasteiger partial charge >= 0.3 is 0 Å². The van der Waals surface area contributed by atoms with E-state index >= 15 is 0 Å². The van der Waals surface area contributed by atoms with Gasteiger partial charge in [0.1, 0.15) is 22.5 Å². The number of aromatic nitrogens is 3. The van der Waals surface area contributed by atoms with Crippen LogP contribution in [0.5, 0.6) is 0 Å². The Morgan fingerprint density at radius 2 is 2.03 bits per heavy atom. The van der Waals surface area contributed by atoms with E-state index in [0.29, 0.717) is 35.0 Å². The number of hydrogen-bond donors (Lipinski definition) is 4. The molecular weight excluding hydrogens is 401 g/mol. The fourth-order valence-electron chi connectivity index (χ4n) is 2.76. The number of benzene rings is 1. The lowest BCUT2D eigenvalue weighted by Gasteiger charge is -2.14. The number of hydrogen-bond acceptors (Lipinski definition) is 8. The molecule has 0 radical (unpaired) electrons. The van der Waals surface area contributed by atoms with Gasteiger partial charge in [-0.3, -0.25) is 0 Å². The molecular formula is C21H24FN7S. The van der Waals surface area contributed by atoms with Crippen molar-refractivity contribution in [3.63, 3.8) is 0 Å². The Hall–Kier alpha value is -3.20. The third-order valence-corrected chi connectivity index (χ3v) is 4.99. The van der Waals surface area contributed by atoms with Crippen molar-refractivity contribution >= 4 is 35.0 Å². The largest absolute Gasteiger partial charge is 0.383 e. The van der Waals surface area contributed by atoms with Crippen LogP contribution in [0.4, 0.5) is 21.7 Å². The summed E-state index contributed by atoms with van der Waals surface area (Å²) < 4.78 is 17.7. The summed E-state index contributed by atoms with van der Waals surface area (Å²) in [6.07, 6.45) is 2.60. The van der Waals surface area contributed by atoms with E-state index in [1.54, 1.807) is 25.3 Å². The molecule has 0 bridgehead atoms. The second-order valence-electron chi connectivity index (χ2n) is 6.78. The van der Waals surface area contributed by atoms with Gasteiger partial charge in [-0.25, -0.2) is 19.3 Å². The van der Waals surface area contributed by atoms with E-state index in [2.05, 4.69) is 25.0 Å². The first-order chi connectivity index (χ1) is 14.4. The van der Waals surface area contributed by atoms with Crippen LogP contribution < -0.4 is 15.8 Å². The highest BCUT2D eigenvalue weighted by Crippen LogP contribution is 2.29. The summed E-state index contributed by atoms with van der Waals surface area (Å²) in [5.41, 5.74) is 8.72. The minimum absolute atomic E-state index is 0.190. The summed E-state index contributed by atoms with van der Waals surface area (Å²) in [6.45, 7) is 6.31. The molecule has 1 aromatic carbocycles. The maximum atomic E-state index is 14.7. The minimum atomic E-state index is -0.440. The summed E-state index contributed by atoms with van der Waals surface area (Å²) >= 11 is 1.24. The average Bonchev–Trinajstić information content (AvgIpc) is 2.70. The lowest BCUT2D eigenvalue weighted by atomic mass is 10.1. The molecule has 2 aromatic heterocycles. The van der Waals surface area contributed by atoms with Crippen LogP contribution in [-0.4, -0.2) is 27.2 Å². The van der Waals surface area contributed by atoms with Crippen LogP contribution in [0.1, 0.15) is 31.4 Å². The zero-order valence-corrected chi connectivity index (χ0v) is 17.9. The van der Waals surface area contributed by atoms with Crippen LogP contribution in [0.15, 0.2) is 41.6 Å². The highest BCUT2D eigenvalue weighted by Gasteiger charge is 2.16. The van der Waals surface area contributed by atoms with Crippen LogP contribution >= 0.6 is 11.9 Å². The Balaban J connectivity index is 1.86. The van der Waals surface area contributed by atoms with E-state index in [1.165, 1.54) is 18.0 Å². The summed E-state index contributed by atoms with van der Waals surface area (Å²) in [7, 11) is 0. The van der Waals surface area contributed by atoms with Gasteiger partial charge in [0.25, 0.3) is 0 Å². The monoisotopic (exact) mass is 425 g/mol. The van der Waals surface area contributed by atoms with Crippen molar-refractivity contribution in [2.24, 2.45) is 0 Å². The molecule has 0 aliphatic carbocycles. The molecule has 0 fully saturated rings. The van der Waals surface area contributed by atoms with Gasteiger partial charge in [-0.05, 0) is 56.2 Å². The van der Waals surface area contributed by atoms with E-state index in [1.807, 2.05) is 26.0 Å². The van der Waals surface area contributed by atoms with Crippen molar-refractivity contribution < 1.29 is 4.39 Å². The molecule has 3 aromatic rings. The summed E-state index contributed by atoms with van der Waals surface area (Å²) in [6, 6.07) is 8.53. The molecule has 0 atom stereocenters. The molecule has 0 saturated carbocycles. The Kier molecular flexibility index (Phi) is 6.83. The normalized spacial score (nSPS) is 10.7. The molecule has 5 N–H and O–H groups in total. The Labute approximate surface area is 179 Å². The number of anilines is 3. The van der Waals surface area contributed by atoms with Crippen LogP contribution in [0, 0.1) is 18.2 Å². The molecule has 2 heterocycles. The lowest BCUT2D eigenvalue weighted by Crippen LogP contribution is -2.13. The van der Waals surface area contributed by atoms with Crippen molar-refractivity contribution in [3.8, 4) is 11.4 Å². The molecule has 0 aliphatic heterocycles. The van der Waals surface area contributed by atoms with Crippen molar-refractivity contribution in [1.82, 2.24) is 15.0 Å². The molecule has 0 aliphatic rings. The number of halogens is 1. The molecule has 0 spiro atoms. The number of nitrogens with two attached hydrogens (primary N) is 1. The topological polar surface area (TPSA) is 113 Å². The van der Waals surface area contributed by atoms with Gasteiger partial charge in [0, 0.05) is 36.0 Å². The SMILES string of the molecule is CCCNc1nc(-c2ccc(NSc3cc(C)ccn3)c(F)c2)nc(N)c1C(C)=N. The summed E-state index contributed by atoms with van der Waals surface area (Å²) in [4.78, 5) is 13.0. The smallest absolute Gasteiger partial charge is 0.163 e. The number of rotatable bonds is 8. The number of pyridine rings is 1. The predicted molar refractivity (Wildman–Crippen MR) is 122 cm³/mol. The molecule has 3 rings (SSSR count). The zero-order valence-electron chi connectivity index (χ0n) is 17.1. The van der Waals surface area contributed by atoms with E-state index in [0.717, 1.165) is 17.0 Å². The zero-order chi connectivity index (χ0) is 21.7. The van der Waals surface area contributed by atoms with Crippen molar-refractivity contribution in [1.29, 1.82) is 5.41 Å². The fraction of sp³-hybridized carbons (Fsp3) is 0.238. The minimum Gasteiger partial charge on any atom is -0.383 e. The molecule has 0 saturated heterocycles. The first-order valence-electron chi connectivity index (χ1n) is 9.51. The highest BCUT2D eigenvalue weighted by molar-refractivity contribution is 8.00. The van der Waals surface area contributed by atoms with Gasteiger partial charge in [0.05, 0.1) is 11.3 Å². The molecule has 30 heavy (non-hydrogen) atoms. The van der Waals surface area contributed by atoms with Gasteiger partial charge < -0.3 is 21.2 Å². The predicted octanol–water partition coefficient (Wildman–Crippen LogP) is 4.90. The number of nitrogens with zero attached hydrogens (tertiary/aromatic N) is 3. The number of nitrogens with one attached hydrogen (secondary N) is 3. The Morgan fingerprint density at radius 3 is 2.70 bits per heavy atom. The molecule has 156 valence electrons. The maximum absolute atomic E-state index is 14.7. The fourth-order valence-corrected chi connectivity index (χ4v) is 3.50. The van der Waals surface area contributed by atoms with Crippen LogP contribution in [0.2, 0.25) is 0 Å². The third-order valence-electron chi connectivity index (χ3n) is 4.24. The quantitative estimate of drug-likeness (QED) is 0.300. The Bertz CT molecular complexity index is 1070. The second-order valence-corrected chi connectivity index (χ2v) is 7.60. The van der Waals surface area contributed by atoms with E-state index < -0.39 is 5.82 Å². The molecule has 0 unspecified atom stereocenters. The Morgan fingerprint density at radius 1 is 1.23 bits per heavy atom. The van der Waals surface area contributed by atoms with Crippen molar-refractivity contribution in [2.45, 2.75) is 32.2 Å². The van der Waals surface area contributed by atoms with E-state index in [4.69, 9.17) is 11.1 Å². The number of nitrogen functional groups attached to an aromatic ring is 1. The van der Waals surface area contributed by atoms with Gasteiger partial charge in [-0.2, -0.15) is 0 Å². The van der Waals surface area contributed by atoms with Gasteiger partial charge in [-0.15, -0.1) is 0 Å². The van der Waals surface area contributed by atoms with Crippen molar-refractivity contribution in [2.75, 3.05) is 22.3 Å². The average molecular weight is 426 g/mol. The third kappa shape index (κ3) is 5.04. The standard InChI is InChI=1S/C21H24FN7S/c1-4-8-26-21-18(13(3)23)19(24)27-20(28-21)14-5-6-16(15(22)11-14)29-30-17-10-12(2)7-9-25-17/h5-7,9-11,23,29H,4,8H2,1-3H3,(H3,24,26,27,28). The number of aryl methyl sites for hydroxylation is 1. The molecule has 7 nitrogen and oxygen atoms in total.